The molecule has 0 aliphatic rings. The van der Waals surface area contributed by atoms with Gasteiger partial charge in [0.05, 0.1) is 13.2 Å². The van der Waals surface area contributed by atoms with Crippen LogP contribution in [0.4, 0.5) is 0 Å². The van der Waals surface area contributed by atoms with Crippen molar-refractivity contribution in [1.82, 2.24) is 0 Å². The van der Waals surface area contributed by atoms with Crippen molar-refractivity contribution in [1.29, 1.82) is 0 Å². The Bertz CT molecular complexity index is 1180. The largest absolute Gasteiger partial charge is 0.472 e. The predicted octanol–water partition coefficient (Wildman–Crippen LogP) is 14.8. The number of esters is 2. The van der Waals surface area contributed by atoms with Crippen LogP contribution in [0.3, 0.4) is 0 Å². The fraction of sp³-hybridized carbons (Fsp3) is 0.765. The van der Waals surface area contributed by atoms with Crippen LogP contribution in [0.1, 0.15) is 219 Å². The summed E-state index contributed by atoms with van der Waals surface area (Å²) >= 11 is 0. The van der Waals surface area contributed by atoms with E-state index in [1.54, 1.807) is 0 Å². The van der Waals surface area contributed by atoms with Crippen LogP contribution in [-0.4, -0.2) is 49.3 Å². The van der Waals surface area contributed by atoms with Crippen molar-refractivity contribution in [3.8, 4) is 0 Å². The molecule has 0 aromatic heterocycles. The summed E-state index contributed by atoms with van der Waals surface area (Å²) in [6, 6.07) is 0. The molecule has 61 heavy (non-hydrogen) atoms. The van der Waals surface area contributed by atoms with E-state index in [9.17, 15) is 19.0 Å². The summed E-state index contributed by atoms with van der Waals surface area (Å²) in [7, 11) is -4.39. The van der Waals surface area contributed by atoms with E-state index >= 15 is 0 Å². The minimum Gasteiger partial charge on any atom is -0.462 e. The molecule has 0 spiro atoms. The van der Waals surface area contributed by atoms with Crippen LogP contribution < -0.4 is 5.73 Å². The zero-order valence-corrected chi connectivity index (χ0v) is 40.0. The normalized spacial score (nSPS) is 13.7. The van der Waals surface area contributed by atoms with Crippen LogP contribution in [-0.2, 0) is 32.7 Å². The molecule has 2 atom stereocenters. The third-order valence-corrected chi connectivity index (χ3v) is 11.4. The van der Waals surface area contributed by atoms with Crippen molar-refractivity contribution in [3.63, 3.8) is 0 Å². The van der Waals surface area contributed by atoms with Gasteiger partial charge >= 0.3 is 19.8 Å². The van der Waals surface area contributed by atoms with Crippen molar-refractivity contribution >= 4 is 19.8 Å². The highest BCUT2D eigenvalue weighted by molar-refractivity contribution is 7.47. The zero-order valence-electron chi connectivity index (χ0n) is 39.1. The first-order chi connectivity index (χ1) is 29.8. The van der Waals surface area contributed by atoms with E-state index in [-0.39, 0.29) is 38.6 Å². The molecule has 0 radical (unpaired) electrons. The molecule has 10 heteroatoms. The van der Waals surface area contributed by atoms with E-state index in [1.807, 2.05) is 0 Å². The highest BCUT2D eigenvalue weighted by Gasteiger charge is 2.26. The molecule has 354 valence electrons. The van der Waals surface area contributed by atoms with Crippen LogP contribution in [0, 0.1) is 0 Å². The van der Waals surface area contributed by atoms with Crippen molar-refractivity contribution < 1.29 is 37.6 Å². The zero-order chi connectivity index (χ0) is 44.6. The first kappa shape index (κ1) is 58.7. The van der Waals surface area contributed by atoms with Crippen LogP contribution in [0.5, 0.6) is 0 Å². The van der Waals surface area contributed by atoms with Crippen LogP contribution >= 0.6 is 7.82 Å². The molecular weight excluding hydrogens is 786 g/mol. The second-order valence-electron chi connectivity index (χ2n) is 16.3. The lowest BCUT2D eigenvalue weighted by atomic mass is 10.0. The lowest BCUT2D eigenvalue weighted by Crippen LogP contribution is -2.29. The Kier molecular flexibility index (Phi) is 45.4. The molecule has 0 bridgehead atoms. The fourth-order valence-electron chi connectivity index (χ4n) is 6.74. The SMILES string of the molecule is CC/C=C\C/C=C\C/C=C\C/C=C\CCCCCCC(=O)OC(COC(=O)CCCCCCCCCCCCC/C=C\CCCCCCCCCC)COP(=O)(O)OCCN. The lowest BCUT2D eigenvalue weighted by Gasteiger charge is -2.19. The van der Waals surface area contributed by atoms with Crippen molar-refractivity contribution in [2.75, 3.05) is 26.4 Å². The van der Waals surface area contributed by atoms with E-state index in [0.717, 1.165) is 70.6 Å². The highest BCUT2D eigenvalue weighted by Crippen LogP contribution is 2.43. The van der Waals surface area contributed by atoms with Gasteiger partial charge in [-0.15, -0.1) is 0 Å². The Balaban J connectivity index is 4.07. The van der Waals surface area contributed by atoms with Gasteiger partial charge in [0.15, 0.2) is 6.10 Å². The first-order valence-corrected chi connectivity index (χ1v) is 26.3. The molecule has 0 saturated heterocycles. The summed E-state index contributed by atoms with van der Waals surface area (Å²) in [5, 5.41) is 0. The summed E-state index contributed by atoms with van der Waals surface area (Å²) in [5.41, 5.74) is 5.36. The number of nitrogens with two attached hydrogens (primary N) is 1. The number of unbranched alkanes of at least 4 members (excludes halogenated alkanes) is 23. The Morgan fingerprint density at radius 3 is 1.36 bits per heavy atom. The number of carbonyl (C=O) groups is 2. The molecule has 2 unspecified atom stereocenters. The minimum atomic E-state index is -4.39. The average Bonchev–Trinajstić information content (AvgIpc) is 3.25. The molecule has 9 nitrogen and oxygen atoms in total. The van der Waals surface area contributed by atoms with Crippen molar-refractivity contribution in [3.05, 3.63) is 60.8 Å². The number of phosphoric ester groups is 1. The maximum absolute atomic E-state index is 12.6. The average molecular weight is 878 g/mol. The second kappa shape index (κ2) is 47.2. The van der Waals surface area contributed by atoms with E-state index < -0.39 is 26.5 Å². The molecule has 3 N–H and O–H groups in total. The summed E-state index contributed by atoms with van der Waals surface area (Å²) in [4.78, 5) is 35.0. The molecule has 0 rings (SSSR count). The standard InChI is InChI=1S/C51H92NO8P/c1-3-5-7-9-11-13-15-17-19-21-22-23-24-25-26-28-29-31-33-35-37-39-41-43-50(53)57-47-49(48-59-61(55,56)58-46-45-52)60-51(54)44-42-40-38-36-34-32-30-27-20-18-16-14-12-10-8-6-4-2/h6,8,12,14,18,20-22,30,32,49H,3-5,7,9-11,13,15-17,19,23-29,31,33-48,52H2,1-2H3,(H,55,56)/b8-6-,14-12-,20-18-,22-21-,32-30-. The molecule has 0 aromatic carbocycles. The van der Waals surface area contributed by atoms with Gasteiger partial charge < -0.3 is 20.1 Å². The number of hydrogen-bond donors (Lipinski definition) is 2. The topological polar surface area (TPSA) is 134 Å². The number of hydrogen-bond acceptors (Lipinski definition) is 8. The Morgan fingerprint density at radius 2 is 0.902 bits per heavy atom. The van der Waals surface area contributed by atoms with Crippen LogP contribution in [0.15, 0.2) is 60.8 Å². The molecule has 0 aliphatic heterocycles. The summed E-state index contributed by atoms with van der Waals surface area (Å²) in [5.74, 6) is -0.855. The number of ether oxygens (including phenoxy) is 2. The molecule has 0 heterocycles. The number of allylic oxidation sites excluding steroid dienone is 10. The van der Waals surface area contributed by atoms with Gasteiger partial charge in [0, 0.05) is 19.4 Å². The molecule has 0 aromatic rings. The third kappa shape index (κ3) is 47.0. The molecule has 0 amide bonds. The minimum absolute atomic E-state index is 0.0469. The number of carbonyl (C=O) groups excluding carboxylic acids is 2. The second-order valence-corrected chi connectivity index (χ2v) is 17.8. The van der Waals surface area contributed by atoms with Gasteiger partial charge in [0.2, 0.25) is 0 Å². The monoisotopic (exact) mass is 878 g/mol. The molecule has 0 saturated carbocycles. The Hall–Kier alpha value is -2.29. The van der Waals surface area contributed by atoms with Crippen molar-refractivity contribution in [2.24, 2.45) is 5.73 Å². The maximum Gasteiger partial charge on any atom is 0.472 e. The fourth-order valence-corrected chi connectivity index (χ4v) is 7.50. The molecule has 0 fully saturated rings. The van der Waals surface area contributed by atoms with Gasteiger partial charge in [-0.2, -0.15) is 0 Å². The predicted molar refractivity (Wildman–Crippen MR) is 256 cm³/mol. The van der Waals surface area contributed by atoms with Gasteiger partial charge in [-0.05, 0) is 77.0 Å². The smallest absolute Gasteiger partial charge is 0.462 e. The molecule has 0 aliphatic carbocycles. The summed E-state index contributed by atoms with van der Waals surface area (Å²) in [6.45, 7) is 3.60. The summed E-state index contributed by atoms with van der Waals surface area (Å²) in [6.07, 6.45) is 56.9. The van der Waals surface area contributed by atoms with Crippen LogP contribution in [0.2, 0.25) is 0 Å². The maximum atomic E-state index is 12.6. The van der Waals surface area contributed by atoms with Crippen molar-refractivity contribution in [2.45, 2.75) is 225 Å². The van der Waals surface area contributed by atoms with Gasteiger partial charge in [-0.3, -0.25) is 18.6 Å². The Labute approximate surface area is 374 Å². The van der Waals surface area contributed by atoms with Gasteiger partial charge in [0.25, 0.3) is 0 Å². The Morgan fingerprint density at radius 1 is 0.508 bits per heavy atom. The lowest BCUT2D eigenvalue weighted by molar-refractivity contribution is -0.161. The van der Waals surface area contributed by atoms with E-state index in [4.69, 9.17) is 24.3 Å². The summed E-state index contributed by atoms with van der Waals surface area (Å²) < 4.78 is 32.9. The van der Waals surface area contributed by atoms with E-state index in [2.05, 4.69) is 74.6 Å². The van der Waals surface area contributed by atoms with E-state index in [0.29, 0.717) is 6.42 Å². The molecular formula is C51H92NO8P. The van der Waals surface area contributed by atoms with Crippen LogP contribution in [0.25, 0.3) is 0 Å². The number of rotatable bonds is 46. The quantitative estimate of drug-likeness (QED) is 0.0265. The third-order valence-electron chi connectivity index (χ3n) is 10.4. The van der Waals surface area contributed by atoms with E-state index in [1.165, 1.54) is 116 Å². The first-order valence-electron chi connectivity index (χ1n) is 24.8. The highest BCUT2D eigenvalue weighted by atomic mass is 31.2. The van der Waals surface area contributed by atoms with Gasteiger partial charge in [-0.25, -0.2) is 4.57 Å². The van der Waals surface area contributed by atoms with Gasteiger partial charge in [-0.1, -0.05) is 190 Å². The number of phosphoric acid groups is 1. The van der Waals surface area contributed by atoms with Gasteiger partial charge in [0.1, 0.15) is 6.61 Å².